The van der Waals surface area contributed by atoms with E-state index in [9.17, 15) is 4.79 Å². The van der Waals surface area contributed by atoms with Gasteiger partial charge in [-0.25, -0.2) is 0 Å². The molecule has 2 aliphatic rings. The van der Waals surface area contributed by atoms with Gasteiger partial charge in [-0.05, 0) is 32.1 Å². The molecule has 1 aromatic heterocycles. The van der Waals surface area contributed by atoms with Gasteiger partial charge in [0.2, 0.25) is 0 Å². The van der Waals surface area contributed by atoms with E-state index in [-0.39, 0.29) is 11.5 Å². The van der Waals surface area contributed by atoms with Crippen molar-refractivity contribution in [1.29, 1.82) is 0 Å². The largest absolute Gasteiger partial charge is 0.395 e. The van der Waals surface area contributed by atoms with Crippen molar-refractivity contribution in [3.63, 3.8) is 0 Å². The Balaban J connectivity index is 1.63. The number of H-pyrrole nitrogens is 1. The lowest BCUT2D eigenvalue weighted by Crippen LogP contribution is -2.49. The monoisotopic (exact) mass is 264 g/mol. The molecule has 1 amide bonds. The van der Waals surface area contributed by atoms with Gasteiger partial charge >= 0.3 is 0 Å². The molecule has 6 heteroatoms. The summed E-state index contributed by atoms with van der Waals surface area (Å²) in [6.45, 7) is 0.521. The van der Waals surface area contributed by atoms with Crippen LogP contribution in [-0.2, 0) is 4.74 Å². The SMILES string of the molecule is COC1(CNC(=O)c2n[nH]c(C3CC3)c2N)CCC1. The van der Waals surface area contributed by atoms with Crippen LogP contribution in [-0.4, -0.2) is 35.4 Å². The Bertz CT molecular complexity index is 483. The number of methoxy groups -OCH3 is 1. The molecule has 0 atom stereocenters. The maximum Gasteiger partial charge on any atom is 0.274 e. The van der Waals surface area contributed by atoms with Gasteiger partial charge in [0.05, 0.1) is 17.0 Å². The highest BCUT2D eigenvalue weighted by Gasteiger charge is 2.37. The van der Waals surface area contributed by atoms with Gasteiger partial charge in [-0.15, -0.1) is 0 Å². The van der Waals surface area contributed by atoms with Crippen LogP contribution < -0.4 is 11.1 Å². The number of nitrogen functional groups attached to an aromatic ring is 1. The number of nitrogens with zero attached hydrogens (tertiary/aromatic N) is 1. The third-order valence-electron chi connectivity index (χ3n) is 4.30. The van der Waals surface area contributed by atoms with Crippen LogP contribution in [0.25, 0.3) is 0 Å². The summed E-state index contributed by atoms with van der Waals surface area (Å²) in [4.78, 5) is 12.1. The van der Waals surface area contributed by atoms with Gasteiger partial charge in [0, 0.05) is 19.6 Å². The average molecular weight is 264 g/mol. The van der Waals surface area contributed by atoms with Gasteiger partial charge < -0.3 is 15.8 Å². The number of anilines is 1. The number of rotatable bonds is 5. The second-order valence-electron chi connectivity index (χ2n) is 5.60. The Hall–Kier alpha value is -1.56. The Morgan fingerprint density at radius 2 is 2.32 bits per heavy atom. The van der Waals surface area contributed by atoms with E-state index in [1.54, 1.807) is 7.11 Å². The number of nitrogens with one attached hydrogen (secondary N) is 2. The molecule has 0 unspecified atom stereocenters. The number of ether oxygens (including phenoxy) is 1. The molecule has 0 bridgehead atoms. The third kappa shape index (κ3) is 2.20. The lowest BCUT2D eigenvalue weighted by Gasteiger charge is -2.40. The number of amides is 1. The summed E-state index contributed by atoms with van der Waals surface area (Å²) >= 11 is 0. The molecule has 0 radical (unpaired) electrons. The second kappa shape index (κ2) is 4.52. The lowest BCUT2D eigenvalue weighted by molar-refractivity contribution is -0.0679. The van der Waals surface area contributed by atoms with Gasteiger partial charge in [0.25, 0.3) is 5.91 Å². The predicted octanol–water partition coefficient (Wildman–Crippen LogP) is 1.17. The Labute approximate surface area is 112 Å². The first-order valence-corrected chi connectivity index (χ1v) is 6.82. The summed E-state index contributed by atoms with van der Waals surface area (Å²) in [5.74, 6) is 0.245. The number of carbonyl (C=O) groups excluding carboxylic acids is 1. The minimum atomic E-state index is -0.219. The topological polar surface area (TPSA) is 93.0 Å². The Morgan fingerprint density at radius 1 is 1.58 bits per heavy atom. The maximum absolute atomic E-state index is 12.1. The molecule has 6 nitrogen and oxygen atoms in total. The zero-order chi connectivity index (χ0) is 13.5. The first-order chi connectivity index (χ1) is 9.15. The fraction of sp³-hybridized carbons (Fsp3) is 0.692. The normalized spacial score (nSPS) is 20.9. The summed E-state index contributed by atoms with van der Waals surface area (Å²) in [7, 11) is 1.69. The summed E-state index contributed by atoms with van der Waals surface area (Å²) in [5, 5.41) is 9.81. The lowest BCUT2D eigenvalue weighted by atomic mass is 9.80. The summed E-state index contributed by atoms with van der Waals surface area (Å²) in [6.07, 6.45) is 5.39. The van der Waals surface area contributed by atoms with E-state index in [1.165, 1.54) is 0 Å². The van der Waals surface area contributed by atoms with E-state index >= 15 is 0 Å². The summed E-state index contributed by atoms with van der Waals surface area (Å²) < 4.78 is 5.47. The molecule has 104 valence electrons. The molecule has 2 fully saturated rings. The zero-order valence-electron chi connectivity index (χ0n) is 11.2. The van der Waals surface area contributed by atoms with Crippen molar-refractivity contribution in [3.05, 3.63) is 11.4 Å². The van der Waals surface area contributed by atoms with Crippen LogP contribution in [0, 0.1) is 0 Å². The number of hydrogen-bond donors (Lipinski definition) is 3. The summed E-state index contributed by atoms with van der Waals surface area (Å²) in [5.41, 5.74) is 7.52. The molecule has 3 rings (SSSR count). The minimum Gasteiger partial charge on any atom is -0.395 e. The van der Waals surface area contributed by atoms with E-state index < -0.39 is 0 Å². The minimum absolute atomic E-state index is 0.181. The molecular weight excluding hydrogens is 244 g/mol. The molecule has 19 heavy (non-hydrogen) atoms. The number of aromatic amines is 1. The Morgan fingerprint density at radius 3 is 2.84 bits per heavy atom. The quantitative estimate of drug-likeness (QED) is 0.744. The van der Waals surface area contributed by atoms with Crippen molar-refractivity contribution >= 4 is 11.6 Å². The Kier molecular flexibility index (Phi) is 2.97. The van der Waals surface area contributed by atoms with E-state index in [0.29, 0.717) is 23.8 Å². The number of hydrogen-bond acceptors (Lipinski definition) is 4. The van der Waals surface area contributed by atoms with Crippen molar-refractivity contribution < 1.29 is 9.53 Å². The van der Waals surface area contributed by atoms with Crippen LogP contribution in [0.5, 0.6) is 0 Å². The van der Waals surface area contributed by atoms with E-state index in [4.69, 9.17) is 10.5 Å². The highest BCUT2D eigenvalue weighted by atomic mass is 16.5. The second-order valence-corrected chi connectivity index (χ2v) is 5.60. The van der Waals surface area contributed by atoms with Gasteiger partial charge in [-0.3, -0.25) is 9.89 Å². The van der Waals surface area contributed by atoms with Gasteiger partial charge in [0.1, 0.15) is 0 Å². The van der Waals surface area contributed by atoms with Crippen molar-refractivity contribution in [2.75, 3.05) is 19.4 Å². The smallest absolute Gasteiger partial charge is 0.274 e. The van der Waals surface area contributed by atoms with E-state index in [2.05, 4.69) is 15.5 Å². The van der Waals surface area contributed by atoms with Crippen LogP contribution in [0.15, 0.2) is 0 Å². The predicted molar refractivity (Wildman–Crippen MR) is 70.9 cm³/mol. The average Bonchev–Trinajstić information content (AvgIpc) is 3.12. The van der Waals surface area contributed by atoms with Gasteiger partial charge in [-0.1, -0.05) is 0 Å². The molecular formula is C13H20N4O2. The molecule has 2 saturated carbocycles. The van der Waals surface area contributed by atoms with Crippen molar-refractivity contribution in [2.45, 2.75) is 43.6 Å². The zero-order valence-corrected chi connectivity index (χ0v) is 11.2. The first kappa shape index (κ1) is 12.5. The van der Waals surface area contributed by atoms with E-state index in [1.807, 2.05) is 0 Å². The third-order valence-corrected chi connectivity index (χ3v) is 4.30. The van der Waals surface area contributed by atoms with Crippen molar-refractivity contribution in [3.8, 4) is 0 Å². The van der Waals surface area contributed by atoms with Crippen LogP contribution in [0.2, 0.25) is 0 Å². The number of aromatic nitrogens is 2. The molecule has 0 spiro atoms. The number of carbonyl (C=O) groups is 1. The molecule has 0 aromatic carbocycles. The highest BCUT2D eigenvalue weighted by molar-refractivity contribution is 5.97. The summed E-state index contributed by atoms with van der Waals surface area (Å²) in [6, 6.07) is 0. The molecule has 0 aliphatic heterocycles. The fourth-order valence-electron chi connectivity index (χ4n) is 2.57. The van der Waals surface area contributed by atoms with Crippen LogP contribution >= 0.6 is 0 Å². The van der Waals surface area contributed by atoms with Crippen molar-refractivity contribution in [1.82, 2.24) is 15.5 Å². The number of nitrogens with two attached hydrogens (primary N) is 1. The van der Waals surface area contributed by atoms with Crippen LogP contribution in [0.4, 0.5) is 5.69 Å². The highest BCUT2D eigenvalue weighted by Crippen LogP contribution is 2.42. The standard InChI is InChI=1S/C13H20N4O2/c1-19-13(5-2-6-13)7-15-12(18)11-9(14)10(16-17-11)8-3-4-8/h8H,2-7,14H2,1H3,(H,15,18)(H,16,17). The molecule has 2 aliphatic carbocycles. The first-order valence-electron chi connectivity index (χ1n) is 6.82. The van der Waals surface area contributed by atoms with Gasteiger partial charge in [0.15, 0.2) is 5.69 Å². The maximum atomic E-state index is 12.1. The molecule has 1 aromatic rings. The van der Waals surface area contributed by atoms with Crippen LogP contribution in [0.3, 0.4) is 0 Å². The van der Waals surface area contributed by atoms with Gasteiger partial charge in [-0.2, -0.15) is 5.10 Å². The molecule has 0 saturated heterocycles. The fourth-order valence-corrected chi connectivity index (χ4v) is 2.57. The van der Waals surface area contributed by atoms with Crippen molar-refractivity contribution in [2.24, 2.45) is 0 Å². The molecule has 4 N–H and O–H groups in total. The molecule has 1 heterocycles. The van der Waals surface area contributed by atoms with E-state index in [0.717, 1.165) is 37.8 Å². The van der Waals surface area contributed by atoms with Crippen LogP contribution in [0.1, 0.15) is 54.2 Å².